The van der Waals surface area contributed by atoms with E-state index in [0.717, 1.165) is 10.7 Å². The van der Waals surface area contributed by atoms with E-state index in [-0.39, 0.29) is 10.5 Å². The highest BCUT2D eigenvalue weighted by atomic mass is 79.9. The Morgan fingerprint density at radius 2 is 2.00 bits per heavy atom. The second-order valence-electron chi connectivity index (χ2n) is 4.12. The van der Waals surface area contributed by atoms with Crippen molar-refractivity contribution in [3.05, 3.63) is 52.6 Å². The second-order valence-corrected chi connectivity index (χ2v) is 7.05. The lowest BCUT2D eigenvalue weighted by molar-refractivity contribution is 0.102. The lowest BCUT2D eigenvalue weighted by atomic mass is 10.2. The van der Waals surface area contributed by atoms with Crippen LogP contribution < -0.4 is 5.32 Å². The summed E-state index contributed by atoms with van der Waals surface area (Å²) in [6, 6.07) is 9.24. The van der Waals surface area contributed by atoms with E-state index in [0.29, 0.717) is 5.82 Å². The molecule has 104 valence electrons. The van der Waals surface area contributed by atoms with E-state index in [2.05, 4.69) is 26.2 Å². The maximum Gasteiger partial charge on any atom is 0.256 e. The van der Waals surface area contributed by atoms with Crippen LogP contribution in [0.25, 0.3) is 0 Å². The molecule has 0 aliphatic heterocycles. The number of carbonyl (C=O) groups is 1. The number of halogens is 1. The zero-order valence-corrected chi connectivity index (χ0v) is 12.9. The molecule has 7 heteroatoms. The van der Waals surface area contributed by atoms with Crippen molar-refractivity contribution in [3.63, 3.8) is 0 Å². The fraction of sp³-hybridized carbons (Fsp3) is 0.0769. The average Bonchev–Trinajstić information content (AvgIpc) is 2.40. The monoisotopic (exact) mass is 354 g/mol. The van der Waals surface area contributed by atoms with E-state index in [1.807, 2.05) is 0 Å². The average molecular weight is 355 g/mol. The molecule has 1 aromatic heterocycles. The van der Waals surface area contributed by atoms with Crippen molar-refractivity contribution in [2.75, 3.05) is 11.6 Å². The van der Waals surface area contributed by atoms with E-state index in [1.165, 1.54) is 18.2 Å². The SMILES string of the molecule is CS(=O)(=O)c1cccc(C(=O)Nc2ccc(Br)cn2)c1. The van der Waals surface area contributed by atoms with Gasteiger partial charge in [-0.1, -0.05) is 6.07 Å². The van der Waals surface area contributed by atoms with Gasteiger partial charge in [0, 0.05) is 22.5 Å². The highest BCUT2D eigenvalue weighted by Gasteiger charge is 2.12. The van der Waals surface area contributed by atoms with Crippen LogP contribution in [0.2, 0.25) is 0 Å². The van der Waals surface area contributed by atoms with Gasteiger partial charge >= 0.3 is 0 Å². The van der Waals surface area contributed by atoms with Crippen LogP contribution in [0.1, 0.15) is 10.4 Å². The molecule has 1 amide bonds. The van der Waals surface area contributed by atoms with Gasteiger partial charge < -0.3 is 5.32 Å². The molecule has 1 N–H and O–H groups in total. The Bertz CT molecular complexity index is 742. The van der Waals surface area contributed by atoms with Crippen LogP contribution in [-0.2, 0) is 9.84 Å². The van der Waals surface area contributed by atoms with Gasteiger partial charge in [0.05, 0.1) is 4.90 Å². The van der Waals surface area contributed by atoms with Crippen molar-refractivity contribution in [1.29, 1.82) is 0 Å². The number of rotatable bonds is 3. The topological polar surface area (TPSA) is 76.1 Å². The molecule has 0 fully saturated rings. The van der Waals surface area contributed by atoms with Crippen LogP contribution in [0.4, 0.5) is 5.82 Å². The Morgan fingerprint density at radius 1 is 1.25 bits per heavy atom. The first-order valence-corrected chi connectivity index (χ1v) is 8.28. The van der Waals surface area contributed by atoms with Gasteiger partial charge in [0.25, 0.3) is 5.91 Å². The van der Waals surface area contributed by atoms with Crippen molar-refractivity contribution in [2.24, 2.45) is 0 Å². The number of carbonyl (C=O) groups excluding carboxylic acids is 1. The van der Waals surface area contributed by atoms with Crippen LogP contribution in [0.5, 0.6) is 0 Å². The van der Waals surface area contributed by atoms with Gasteiger partial charge in [-0.15, -0.1) is 0 Å². The summed E-state index contributed by atoms with van der Waals surface area (Å²) in [6.07, 6.45) is 2.66. The van der Waals surface area contributed by atoms with Crippen LogP contribution >= 0.6 is 15.9 Å². The minimum atomic E-state index is -3.34. The van der Waals surface area contributed by atoms with Gasteiger partial charge in [-0.3, -0.25) is 4.79 Å². The molecule has 20 heavy (non-hydrogen) atoms. The third-order valence-corrected chi connectivity index (χ3v) is 4.07. The number of amides is 1. The maximum absolute atomic E-state index is 12.0. The van der Waals surface area contributed by atoms with E-state index in [9.17, 15) is 13.2 Å². The standard InChI is InChI=1S/C13H11BrN2O3S/c1-20(18,19)11-4-2-3-9(7-11)13(17)16-12-6-5-10(14)8-15-12/h2-8H,1H3,(H,15,16,17). The molecule has 0 radical (unpaired) electrons. The van der Waals surface area contributed by atoms with Crippen LogP contribution in [0, 0.1) is 0 Å². The number of sulfone groups is 1. The van der Waals surface area contributed by atoms with Crippen LogP contribution in [0.15, 0.2) is 52.0 Å². The zero-order chi connectivity index (χ0) is 14.8. The Balaban J connectivity index is 2.23. The summed E-state index contributed by atoms with van der Waals surface area (Å²) >= 11 is 3.25. The van der Waals surface area contributed by atoms with Crippen molar-refractivity contribution in [2.45, 2.75) is 4.90 Å². The normalized spacial score (nSPS) is 11.1. The van der Waals surface area contributed by atoms with E-state index >= 15 is 0 Å². The maximum atomic E-state index is 12.0. The van der Waals surface area contributed by atoms with Gasteiger partial charge in [-0.25, -0.2) is 13.4 Å². The number of anilines is 1. The minimum Gasteiger partial charge on any atom is -0.307 e. The number of hydrogen-bond donors (Lipinski definition) is 1. The molecule has 0 unspecified atom stereocenters. The summed E-state index contributed by atoms with van der Waals surface area (Å²) in [5.74, 6) is -0.0201. The fourth-order valence-corrected chi connectivity index (χ4v) is 2.41. The van der Waals surface area contributed by atoms with Gasteiger partial charge in [-0.2, -0.15) is 0 Å². The molecular formula is C13H11BrN2O3S. The fourth-order valence-electron chi connectivity index (χ4n) is 1.51. The number of hydrogen-bond acceptors (Lipinski definition) is 4. The van der Waals surface area contributed by atoms with Gasteiger partial charge in [-0.05, 0) is 46.3 Å². The molecule has 2 aromatic rings. The van der Waals surface area contributed by atoms with E-state index in [4.69, 9.17) is 0 Å². The number of aromatic nitrogens is 1. The van der Waals surface area contributed by atoms with Crippen molar-refractivity contribution >= 4 is 37.5 Å². The molecule has 0 saturated carbocycles. The molecule has 0 aliphatic carbocycles. The lowest BCUT2D eigenvalue weighted by Crippen LogP contribution is -2.13. The molecule has 1 heterocycles. The predicted octanol–water partition coefficient (Wildman–Crippen LogP) is 2.50. The zero-order valence-electron chi connectivity index (χ0n) is 10.5. The molecule has 0 spiro atoms. The number of nitrogens with one attached hydrogen (secondary N) is 1. The molecular weight excluding hydrogens is 344 g/mol. The highest BCUT2D eigenvalue weighted by molar-refractivity contribution is 9.10. The van der Waals surface area contributed by atoms with Crippen molar-refractivity contribution in [1.82, 2.24) is 4.98 Å². The number of nitrogens with zero attached hydrogens (tertiary/aromatic N) is 1. The van der Waals surface area contributed by atoms with Crippen LogP contribution in [0.3, 0.4) is 0 Å². The first-order valence-electron chi connectivity index (χ1n) is 5.59. The minimum absolute atomic E-state index is 0.105. The quantitative estimate of drug-likeness (QED) is 0.918. The Kier molecular flexibility index (Phi) is 4.20. The summed E-state index contributed by atoms with van der Waals surface area (Å²) < 4.78 is 23.7. The smallest absolute Gasteiger partial charge is 0.256 e. The molecule has 0 saturated heterocycles. The first-order chi connectivity index (χ1) is 9.36. The summed E-state index contributed by atoms with van der Waals surface area (Å²) in [4.78, 5) is 16.1. The third kappa shape index (κ3) is 3.64. The van der Waals surface area contributed by atoms with E-state index < -0.39 is 15.7 Å². The Hall–Kier alpha value is -1.73. The lowest BCUT2D eigenvalue weighted by Gasteiger charge is -2.05. The summed E-state index contributed by atoms with van der Waals surface area (Å²) in [5.41, 5.74) is 0.262. The molecule has 2 rings (SSSR count). The van der Waals surface area contributed by atoms with Crippen molar-refractivity contribution in [3.8, 4) is 0 Å². The highest BCUT2D eigenvalue weighted by Crippen LogP contribution is 2.14. The van der Waals surface area contributed by atoms with Crippen LogP contribution in [-0.4, -0.2) is 25.6 Å². The summed E-state index contributed by atoms with van der Waals surface area (Å²) in [6.45, 7) is 0. The largest absolute Gasteiger partial charge is 0.307 e. The first kappa shape index (κ1) is 14.7. The summed E-state index contributed by atoms with van der Waals surface area (Å²) in [7, 11) is -3.34. The third-order valence-electron chi connectivity index (χ3n) is 2.49. The molecule has 5 nitrogen and oxygen atoms in total. The second kappa shape index (κ2) is 5.72. The van der Waals surface area contributed by atoms with E-state index in [1.54, 1.807) is 24.4 Å². The molecule has 0 bridgehead atoms. The number of pyridine rings is 1. The van der Waals surface area contributed by atoms with Gasteiger partial charge in [0.1, 0.15) is 5.82 Å². The molecule has 0 aliphatic rings. The predicted molar refractivity (Wildman–Crippen MR) is 79.4 cm³/mol. The molecule has 0 atom stereocenters. The van der Waals surface area contributed by atoms with Gasteiger partial charge in [0.2, 0.25) is 0 Å². The van der Waals surface area contributed by atoms with Gasteiger partial charge in [0.15, 0.2) is 9.84 Å². The summed E-state index contributed by atoms with van der Waals surface area (Å²) in [5, 5.41) is 2.60. The Morgan fingerprint density at radius 3 is 2.60 bits per heavy atom. The van der Waals surface area contributed by atoms with Crippen molar-refractivity contribution < 1.29 is 13.2 Å². The molecule has 1 aromatic carbocycles. The Labute approximate surface area is 125 Å². The number of benzene rings is 1.